The molecule has 1 aliphatic heterocycles. The number of ether oxygens (including phenoxy) is 1. The Bertz CT molecular complexity index is 1970. The molecule has 2 amide bonds. The number of guanidine groups is 1. The molecule has 268 valence electrons. The van der Waals surface area contributed by atoms with Crippen molar-refractivity contribution in [1.29, 1.82) is 5.41 Å². The highest BCUT2D eigenvalue weighted by molar-refractivity contribution is 6.32. The van der Waals surface area contributed by atoms with E-state index in [9.17, 15) is 22.8 Å². The minimum Gasteiger partial charge on any atom is -0.447 e. The second-order valence-corrected chi connectivity index (χ2v) is 15.0. The highest BCUT2D eigenvalue weighted by Gasteiger charge is 2.60. The predicted octanol–water partition coefficient (Wildman–Crippen LogP) is 7.28. The number of amides is 2. The lowest BCUT2D eigenvalue weighted by molar-refractivity contribution is -0.218. The van der Waals surface area contributed by atoms with E-state index in [1.54, 1.807) is 67.1 Å². The van der Waals surface area contributed by atoms with E-state index in [-0.39, 0.29) is 11.1 Å². The van der Waals surface area contributed by atoms with E-state index in [1.165, 1.54) is 4.68 Å². The predicted molar refractivity (Wildman–Crippen MR) is 183 cm³/mol. The summed E-state index contributed by atoms with van der Waals surface area (Å²) in [5.74, 6) is -1.23. The molecule has 3 aliphatic rings. The maximum atomic E-state index is 14.9. The molecule has 2 aliphatic carbocycles. The van der Waals surface area contributed by atoms with Crippen LogP contribution in [0.15, 0.2) is 73.3 Å². The number of alkyl carbamates (subject to hydrolysis) is 1. The normalized spacial score (nSPS) is 20.6. The molecule has 0 radical (unpaired) electrons. The first-order valence-corrected chi connectivity index (χ1v) is 17.1. The molecule has 2 aromatic heterocycles. The zero-order valence-corrected chi connectivity index (χ0v) is 29.1. The molecule has 7 rings (SSSR count). The van der Waals surface area contributed by atoms with Crippen LogP contribution in [0.4, 0.5) is 18.0 Å². The first-order chi connectivity index (χ1) is 24.1. The highest BCUT2D eigenvalue weighted by Crippen LogP contribution is 2.49. The fourth-order valence-electron chi connectivity index (χ4n) is 6.47. The van der Waals surface area contributed by atoms with Crippen molar-refractivity contribution in [2.75, 3.05) is 6.61 Å². The summed E-state index contributed by atoms with van der Waals surface area (Å²) in [5.41, 5.74) is -1.99. The fourth-order valence-corrected chi connectivity index (χ4v) is 6.67. The van der Waals surface area contributed by atoms with Gasteiger partial charge in [-0.1, -0.05) is 55.8 Å². The van der Waals surface area contributed by atoms with Gasteiger partial charge >= 0.3 is 12.3 Å². The van der Waals surface area contributed by atoms with Crippen LogP contribution in [0.5, 0.6) is 0 Å². The average Bonchev–Trinajstić information content (AvgIpc) is 3.88. The molecule has 15 heteroatoms. The van der Waals surface area contributed by atoms with Crippen LogP contribution in [0, 0.1) is 10.8 Å². The van der Waals surface area contributed by atoms with Crippen molar-refractivity contribution >= 4 is 29.6 Å². The number of benzene rings is 2. The summed E-state index contributed by atoms with van der Waals surface area (Å²) in [6.07, 6.45) is 4.50. The van der Waals surface area contributed by atoms with Gasteiger partial charge in [0.1, 0.15) is 12.1 Å². The van der Waals surface area contributed by atoms with Gasteiger partial charge in [0.15, 0.2) is 5.96 Å². The van der Waals surface area contributed by atoms with E-state index in [0.717, 1.165) is 55.6 Å². The van der Waals surface area contributed by atoms with Crippen LogP contribution >= 0.6 is 11.6 Å². The van der Waals surface area contributed by atoms with Crippen LogP contribution in [-0.2, 0) is 15.1 Å². The molecule has 2 atom stereocenters. The maximum Gasteiger partial charge on any atom is 0.407 e. The van der Waals surface area contributed by atoms with E-state index >= 15 is 0 Å². The number of hydrogen-bond acceptors (Lipinski definition) is 6. The first kappa shape index (κ1) is 34.6. The number of hydrogen-bond donors (Lipinski definition) is 3. The van der Waals surface area contributed by atoms with Crippen molar-refractivity contribution in [2.24, 2.45) is 5.41 Å². The molecule has 1 saturated heterocycles. The van der Waals surface area contributed by atoms with Crippen LogP contribution in [0.1, 0.15) is 76.1 Å². The lowest BCUT2D eigenvalue weighted by atomic mass is 9.73. The Kier molecular flexibility index (Phi) is 8.43. The second kappa shape index (κ2) is 12.4. The van der Waals surface area contributed by atoms with Gasteiger partial charge in [0.2, 0.25) is 0 Å². The molecule has 2 saturated carbocycles. The largest absolute Gasteiger partial charge is 0.447 e. The van der Waals surface area contributed by atoms with E-state index in [2.05, 4.69) is 20.8 Å². The quantitative estimate of drug-likeness (QED) is 0.149. The van der Waals surface area contributed by atoms with Crippen LogP contribution in [-0.4, -0.2) is 60.7 Å². The summed E-state index contributed by atoms with van der Waals surface area (Å²) in [7, 11) is 0. The number of nitrogens with one attached hydrogen (secondary N) is 3. The zero-order chi connectivity index (χ0) is 36.3. The summed E-state index contributed by atoms with van der Waals surface area (Å²) < 4.78 is 52.7. The molecule has 3 fully saturated rings. The van der Waals surface area contributed by atoms with E-state index in [4.69, 9.17) is 21.7 Å². The number of rotatable bonds is 11. The lowest BCUT2D eigenvalue weighted by Gasteiger charge is -2.37. The summed E-state index contributed by atoms with van der Waals surface area (Å²) >= 11 is 6.53. The van der Waals surface area contributed by atoms with Crippen molar-refractivity contribution in [3.63, 3.8) is 0 Å². The third-order valence-electron chi connectivity index (χ3n) is 10.1. The smallest absolute Gasteiger partial charge is 0.407 e. The molecule has 51 heavy (non-hydrogen) atoms. The SMILES string of the molecule is CC1(NC(=O)OC[C@H](c2ccc(Cl)c(-n3cccn3)c2)N2C(=N)N[C@](CC(C)(C)C(F)(F)F)(c3ccc(-c4cnn(C5CC5)c4)cc3)C2=O)CC1. The first-order valence-electron chi connectivity index (χ1n) is 16.8. The molecule has 0 unspecified atom stereocenters. The molecule has 11 nitrogen and oxygen atoms in total. The van der Waals surface area contributed by atoms with Gasteiger partial charge in [-0.15, -0.1) is 0 Å². The fraction of sp³-hybridized carbons (Fsp3) is 0.417. The molecular weight excluding hydrogens is 685 g/mol. The highest BCUT2D eigenvalue weighted by atomic mass is 35.5. The summed E-state index contributed by atoms with van der Waals surface area (Å²) in [6, 6.07) is 12.5. The molecule has 4 aromatic rings. The minimum atomic E-state index is -4.68. The van der Waals surface area contributed by atoms with Crippen molar-refractivity contribution in [2.45, 2.75) is 82.2 Å². The number of halogens is 4. The Morgan fingerprint density at radius 2 is 1.86 bits per heavy atom. The second-order valence-electron chi connectivity index (χ2n) is 14.6. The third-order valence-corrected chi connectivity index (χ3v) is 10.4. The Morgan fingerprint density at radius 1 is 1.14 bits per heavy atom. The van der Waals surface area contributed by atoms with Gasteiger partial charge in [0.25, 0.3) is 5.91 Å². The molecule has 3 N–H and O–H groups in total. The van der Waals surface area contributed by atoms with E-state index < -0.39 is 54.2 Å². The molecular formula is C36H38ClF3N8O3. The maximum absolute atomic E-state index is 14.9. The van der Waals surface area contributed by atoms with Gasteiger partial charge in [-0.05, 0) is 73.9 Å². The van der Waals surface area contributed by atoms with Crippen LogP contribution in [0.25, 0.3) is 16.8 Å². The van der Waals surface area contributed by atoms with Crippen molar-refractivity contribution in [1.82, 2.24) is 35.1 Å². The standard InChI is InChI=1S/C36H38ClF3N8O3/c1-33(2,36(38,39)40)21-35(25-8-5-22(6-9-25)24-18-43-47(19-24)26-10-11-26)30(49)48(31(41)44-35)29(20-51-32(50)45-34(3)13-14-34)23-7-12-27(37)28(17-23)46-16-4-15-42-46/h4-9,12,15-19,26,29H,10-11,13-14,20-21H2,1-3H3,(H2,41,44)(H,45,50)/t29-,35-/m1/s1. The zero-order valence-electron chi connectivity index (χ0n) is 28.3. The van der Waals surface area contributed by atoms with Crippen LogP contribution in [0.2, 0.25) is 5.02 Å². The molecule has 0 spiro atoms. The lowest BCUT2D eigenvalue weighted by Crippen LogP contribution is -2.50. The van der Waals surface area contributed by atoms with Gasteiger partial charge in [0, 0.05) is 29.7 Å². The molecule has 0 bridgehead atoms. The van der Waals surface area contributed by atoms with Gasteiger partial charge in [-0.3, -0.25) is 19.8 Å². The van der Waals surface area contributed by atoms with Crippen molar-refractivity contribution in [3.05, 3.63) is 89.5 Å². The third kappa shape index (κ3) is 6.68. The number of nitrogens with zero attached hydrogens (tertiary/aromatic N) is 5. The average molecular weight is 723 g/mol. The van der Waals surface area contributed by atoms with Gasteiger partial charge in [-0.2, -0.15) is 23.4 Å². The van der Waals surface area contributed by atoms with E-state index in [1.807, 2.05) is 17.8 Å². The molecule has 3 heterocycles. The topological polar surface area (TPSA) is 130 Å². The van der Waals surface area contributed by atoms with Gasteiger partial charge < -0.3 is 15.4 Å². The number of carbonyl (C=O) groups is 2. The van der Waals surface area contributed by atoms with E-state index in [0.29, 0.717) is 22.3 Å². The summed E-state index contributed by atoms with van der Waals surface area (Å²) in [5, 5.41) is 23.8. The van der Waals surface area contributed by atoms with Crippen LogP contribution in [0.3, 0.4) is 0 Å². The summed E-state index contributed by atoms with van der Waals surface area (Å²) in [6.45, 7) is 3.55. The Balaban J connectivity index is 1.28. The van der Waals surface area contributed by atoms with Crippen molar-refractivity contribution in [3.8, 4) is 16.8 Å². The van der Waals surface area contributed by atoms with Gasteiger partial charge in [-0.25, -0.2) is 9.48 Å². The monoisotopic (exact) mass is 722 g/mol. The minimum absolute atomic E-state index is 0.253. The van der Waals surface area contributed by atoms with Crippen molar-refractivity contribution < 1.29 is 27.5 Å². The Morgan fingerprint density at radius 3 is 2.49 bits per heavy atom. The Labute approximate surface area is 297 Å². The number of alkyl halides is 3. The van der Waals surface area contributed by atoms with Gasteiger partial charge in [0.05, 0.1) is 34.4 Å². The molecule has 2 aromatic carbocycles. The van der Waals surface area contributed by atoms with Crippen LogP contribution < -0.4 is 10.6 Å². The Hall–Kier alpha value is -4.85. The number of carbonyl (C=O) groups excluding carboxylic acids is 2. The number of aromatic nitrogens is 4. The summed E-state index contributed by atoms with van der Waals surface area (Å²) in [4.78, 5) is 28.9.